The first-order valence-electron chi connectivity index (χ1n) is 12.7. The zero-order valence-corrected chi connectivity index (χ0v) is 22.0. The van der Waals surface area contributed by atoms with Crippen molar-refractivity contribution in [3.05, 3.63) is 29.6 Å². The minimum Gasteiger partial charge on any atom is -0.462 e. The van der Waals surface area contributed by atoms with E-state index in [0.29, 0.717) is 30.1 Å². The van der Waals surface area contributed by atoms with E-state index in [1.165, 1.54) is 0 Å². The number of hydrazone groups is 1. The van der Waals surface area contributed by atoms with Gasteiger partial charge in [-0.3, -0.25) is 10.3 Å². The summed E-state index contributed by atoms with van der Waals surface area (Å²) in [6.07, 6.45) is 3.56. The number of hydrogen-bond donors (Lipinski definition) is 2. The summed E-state index contributed by atoms with van der Waals surface area (Å²) in [5, 5.41) is 4.30. The van der Waals surface area contributed by atoms with Crippen LogP contribution in [0.5, 0.6) is 6.01 Å². The number of morpholine rings is 1. The fourth-order valence-electron chi connectivity index (χ4n) is 3.49. The molecule has 1 aromatic carbocycles. The average molecular weight is 487 g/mol. The number of nitrogens with one attached hydrogen (secondary N) is 1. The van der Waals surface area contributed by atoms with E-state index in [9.17, 15) is 0 Å². The van der Waals surface area contributed by atoms with Gasteiger partial charge in [0.05, 0.1) is 30.8 Å². The zero-order chi connectivity index (χ0) is 25.5. The quantitative estimate of drug-likeness (QED) is 0.264. The molecular weight excluding hydrogens is 444 g/mol. The fraction of sp³-hybridized carbons (Fsp3) is 0.600. The third-order valence-electron chi connectivity index (χ3n) is 5.21. The summed E-state index contributed by atoms with van der Waals surface area (Å²) >= 11 is 0. The van der Waals surface area contributed by atoms with E-state index in [4.69, 9.17) is 15.2 Å². The van der Waals surface area contributed by atoms with Crippen LogP contribution in [0.4, 0.5) is 17.3 Å². The number of nitrogen functional groups attached to an aromatic ring is 1. The monoisotopic (exact) mass is 486 g/mol. The van der Waals surface area contributed by atoms with Gasteiger partial charge in [-0.2, -0.15) is 20.1 Å². The van der Waals surface area contributed by atoms with Gasteiger partial charge in [-0.05, 0) is 37.5 Å². The molecule has 1 aromatic heterocycles. The normalized spacial score (nSPS) is 13.9. The van der Waals surface area contributed by atoms with Crippen molar-refractivity contribution >= 4 is 23.5 Å². The maximum Gasteiger partial charge on any atom is 0.321 e. The Morgan fingerprint density at radius 3 is 2.54 bits per heavy atom. The largest absolute Gasteiger partial charge is 0.462 e. The number of rotatable bonds is 12. The van der Waals surface area contributed by atoms with Gasteiger partial charge in [0.2, 0.25) is 5.95 Å². The van der Waals surface area contributed by atoms with Crippen molar-refractivity contribution in [2.45, 2.75) is 47.5 Å². The molecule has 1 fully saturated rings. The molecule has 3 N–H and O–H groups in total. The van der Waals surface area contributed by atoms with Gasteiger partial charge in [0.1, 0.15) is 6.61 Å². The predicted octanol–water partition coefficient (Wildman–Crippen LogP) is 3.57. The molecule has 2 heterocycles. The highest BCUT2D eigenvalue weighted by atomic mass is 16.5. The Bertz CT molecular complexity index is 897. The van der Waals surface area contributed by atoms with Crippen molar-refractivity contribution in [3.63, 3.8) is 0 Å². The number of nitrogens with two attached hydrogens (primary N) is 1. The highest BCUT2D eigenvalue weighted by molar-refractivity contribution is 5.77. The van der Waals surface area contributed by atoms with Crippen molar-refractivity contribution in [1.29, 1.82) is 0 Å². The molecular formula is C25H42N8O2. The van der Waals surface area contributed by atoms with Gasteiger partial charge in [0.25, 0.3) is 0 Å². The molecule has 0 aliphatic carbocycles. The highest BCUT2D eigenvalue weighted by Crippen LogP contribution is 2.19. The smallest absolute Gasteiger partial charge is 0.321 e. The van der Waals surface area contributed by atoms with Gasteiger partial charge in [0.15, 0.2) is 5.82 Å². The molecule has 2 aromatic rings. The topological polar surface area (TPSA) is 114 Å². The molecule has 0 saturated carbocycles. The van der Waals surface area contributed by atoms with Crippen LogP contribution in [0.25, 0.3) is 0 Å². The summed E-state index contributed by atoms with van der Waals surface area (Å²) < 4.78 is 11.3. The van der Waals surface area contributed by atoms with E-state index in [1.54, 1.807) is 6.21 Å². The lowest BCUT2D eigenvalue weighted by molar-refractivity contribution is 0.0317. The Hall–Kier alpha value is -2.98. The summed E-state index contributed by atoms with van der Waals surface area (Å²) in [5.41, 5.74) is 11.5. The molecule has 3 rings (SSSR count). The zero-order valence-electron chi connectivity index (χ0n) is 22.0. The predicted molar refractivity (Wildman–Crippen MR) is 144 cm³/mol. The van der Waals surface area contributed by atoms with Crippen molar-refractivity contribution < 1.29 is 9.47 Å². The minimum atomic E-state index is 0.307. The number of aryl methyl sites for hydroxylation is 1. The lowest BCUT2D eigenvalue weighted by atomic mass is 10.2. The van der Waals surface area contributed by atoms with Crippen LogP contribution >= 0.6 is 0 Å². The molecule has 10 nitrogen and oxygen atoms in total. The number of nitrogens with zero attached hydrogens (tertiary/aromatic N) is 6. The molecule has 0 amide bonds. The maximum absolute atomic E-state index is 6.02. The van der Waals surface area contributed by atoms with Gasteiger partial charge in [-0.25, -0.2) is 0 Å². The lowest BCUT2D eigenvalue weighted by Gasteiger charge is -2.26. The molecule has 0 spiro atoms. The second-order valence-electron chi connectivity index (χ2n) is 8.03. The molecule has 0 unspecified atom stereocenters. The third kappa shape index (κ3) is 9.65. The van der Waals surface area contributed by atoms with Crippen LogP contribution in [0, 0.1) is 6.92 Å². The number of hydrogen-bond acceptors (Lipinski definition) is 10. The van der Waals surface area contributed by atoms with Crippen LogP contribution in [0.3, 0.4) is 0 Å². The Balaban J connectivity index is 0.00000210. The summed E-state index contributed by atoms with van der Waals surface area (Å²) in [6, 6.07) is 6.05. The van der Waals surface area contributed by atoms with E-state index in [0.717, 1.165) is 70.0 Å². The van der Waals surface area contributed by atoms with Gasteiger partial charge < -0.3 is 20.1 Å². The summed E-state index contributed by atoms with van der Waals surface area (Å²) in [7, 11) is 0. The van der Waals surface area contributed by atoms with Crippen molar-refractivity contribution in [1.82, 2.24) is 19.9 Å². The van der Waals surface area contributed by atoms with Crippen LogP contribution < -0.4 is 20.8 Å². The Labute approximate surface area is 209 Å². The molecule has 1 aliphatic heterocycles. The van der Waals surface area contributed by atoms with E-state index < -0.39 is 0 Å². The third-order valence-corrected chi connectivity index (χ3v) is 5.21. The number of anilines is 3. The minimum absolute atomic E-state index is 0.307. The van der Waals surface area contributed by atoms with Crippen LogP contribution in [-0.2, 0) is 4.74 Å². The first kappa shape index (κ1) is 28.3. The molecule has 0 bridgehead atoms. The molecule has 10 heteroatoms. The van der Waals surface area contributed by atoms with Gasteiger partial charge >= 0.3 is 6.01 Å². The maximum atomic E-state index is 6.02. The van der Waals surface area contributed by atoms with Crippen LogP contribution in [-0.4, -0.2) is 78.6 Å². The highest BCUT2D eigenvalue weighted by Gasteiger charge is 2.14. The second kappa shape index (κ2) is 15.8. The first-order chi connectivity index (χ1) is 17.1. The Morgan fingerprint density at radius 1 is 1.14 bits per heavy atom. The van der Waals surface area contributed by atoms with E-state index in [2.05, 4.69) is 49.1 Å². The van der Waals surface area contributed by atoms with Crippen molar-refractivity contribution in [2.24, 2.45) is 5.10 Å². The van der Waals surface area contributed by atoms with Crippen molar-refractivity contribution in [2.75, 3.05) is 68.6 Å². The lowest BCUT2D eigenvalue weighted by Crippen LogP contribution is -2.38. The number of aromatic nitrogens is 3. The number of ether oxygens (including phenoxy) is 2. The van der Waals surface area contributed by atoms with E-state index in [-0.39, 0.29) is 0 Å². The standard InChI is InChI=1S/C23H36N8O2.C2H6/c1-4-8-31(9-5-2)22-26-21(17-25-29-20-16-18(3)6-7-19(20)24)27-23(28-22)33-15-12-30-10-13-32-14-11-30;1-2/h6-7,16-17,29H,4-5,8-15,24H2,1-3H3;1-2H3/b25-17+;. The molecule has 1 saturated heterocycles. The summed E-state index contributed by atoms with van der Waals surface area (Å²) in [6.45, 7) is 16.7. The van der Waals surface area contributed by atoms with Crippen molar-refractivity contribution in [3.8, 4) is 6.01 Å². The van der Waals surface area contributed by atoms with Gasteiger partial charge in [-0.15, -0.1) is 0 Å². The van der Waals surface area contributed by atoms with Crippen LogP contribution in [0.2, 0.25) is 0 Å². The molecule has 35 heavy (non-hydrogen) atoms. The second-order valence-corrected chi connectivity index (χ2v) is 8.03. The summed E-state index contributed by atoms with van der Waals surface area (Å²) in [4.78, 5) is 18.1. The number of benzene rings is 1. The van der Waals surface area contributed by atoms with Gasteiger partial charge in [-0.1, -0.05) is 33.8 Å². The van der Waals surface area contributed by atoms with Crippen LogP contribution in [0.1, 0.15) is 51.9 Å². The molecule has 0 atom stereocenters. The average Bonchev–Trinajstić information content (AvgIpc) is 2.88. The Kier molecular flexibility index (Phi) is 12.8. The molecule has 0 radical (unpaired) electrons. The van der Waals surface area contributed by atoms with E-state index in [1.807, 2.05) is 39.0 Å². The fourth-order valence-corrected chi connectivity index (χ4v) is 3.49. The Morgan fingerprint density at radius 2 is 1.86 bits per heavy atom. The van der Waals surface area contributed by atoms with Gasteiger partial charge in [0, 0.05) is 32.7 Å². The first-order valence-corrected chi connectivity index (χ1v) is 12.7. The SMILES string of the molecule is CC.CCCN(CCC)c1nc(/C=N/Nc2cc(C)ccc2N)nc(OCCN2CCOCC2)n1. The molecule has 194 valence electrons. The van der Waals surface area contributed by atoms with E-state index >= 15 is 0 Å². The van der Waals surface area contributed by atoms with Crippen LogP contribution in [0.15, 0.2) is 23.3 Å². The molecule has 1 aliphatic rings. The summed E-state index contributed by atoms with van der Waals surface area (Å²) in [5.74, 6) is 1.03.